The number of amides is 2. The Kier molecular flexibility index (Phi) is 8.31. The topological polar surface area (TPSA) is 111 Å². The molecule has 31 heavy (non-hydrogen) atoms. The van der Waals surface area contributed by atoms with E-state index < -0.39 is 17.8 Å². The molecule has 8 heteroatoms. The van der Waals surface area contributed by atoms with Crippen molar-refractivity contribution in [3.63, 3.8) is 0 Å². The Balaban J connectivity index is 2.29. The summed E-state index contributed by atoms with van der Waals surface area (Å²) in [6.45, 7) is 3.89. The van der Waals surface area contributed by atoms with Gasteiger partial charge in [0.15, 0.2) is 0 Å². The number of esters is 2. The highest BCUT2D eigenvalue weighted by Gasteiger charge is 2.19. The second-order valence-corrected chi connectivity index (χ2v) is 6.78. The first-order chi connectivity index (χ1) is 14.8. The highest BCUT2D eigenvalue weighted by molar-refractivity contribution is 6.09. The predicted molar refractivity (Wildman–Crippen MR) is 116 cm³/mol. The number of ether oxygens (including phenoxy) is 2. The van der Waals surface area contributed by atoms with Crippen molar-refractivity contribution in [2.24, 2.45) is 5.92 Å². The Morgan fingerprint density at radius 3 is 2.13 bits per heavy atom. The maximum atomic E-state index is 12.8. The van der Waals surface area contributed by atoms with E-state index in [-0.39, 0.29) is 34.2 Å². The van der Waals surface area contributed by atoms with E-state index in [4.69, 9.17) is 4.74 Å². The molecule has 2 rings (SSSR count). The molecule has 0 heterocycles. The smallest absolute Gasteiger partial charge is 0.339 e. The summed E-state index contributed by atoms with van der Waals surface area (Å²) in [6, 6.07) is 10.6. The molecule has 0 atom stereocenters. The van der Waals surface area contributed by atoms with Gasteiger partial charge in [0.2, 0.25) is 5.91 Å². The lowest BCUT2D eigenvalue weighted by molar-refractivity contribution is -0.120. The van der Waals surface area contributed by atoms with Gasteiger partial charge in [-0.05, 0) is 49.2 Å². The zero-order valence-corrected chi connectivity index (χ0v) is 18.0. The highest BCUT2D eigenvalue weighted by Crippen LogP contribution is 2.22. The predicted octanol–water partition coefficient (Wildman–Crippen LogP) is 3.89. The number of rotatable bonds is 8. The van der Waals surface area contributed by atoms with Crippen LogP contribution in [0.5, 0.6) is 0 Å². The average Bonchev–Trinajstić information content (AvgIpc) is 2.78. The molecule has 0 aromatic heterocycles. The fourth-order valence-corrected chi connectivity index (χ4v) is 3.02. The molecule has 8 nitrogen and oxygen atoms in total. The summed E-state index contributed by atoms with van der Waals surface area (Å²) in [5, 5.41) is 5.45. The van der Waals surface area contributed by atoms with Crippen molar-refractivity contribution in [1.29, 1.82) is 0 Å². The number of benzene rings is 2. The van der Waals surface area contributed by atoms with Gasteiger partial charge in [0.05, 0.1) is 31.0 Å². The maximum absolute atomic E-state index is 12.8. The highest BCUT2D eigenvalue weighted by atomic mass is 16.5. The normalized spacial score (nSPS) is 10.4. The summed E-state index contributed by atoms with van der Waals surface area (Å²) in [5.74, 6) is -2.02. The second-order valence-electron chi connectivity index (χ2n) is 6.78. The van der Waals surface area contributed by atoms with E-state index >= 15 is 0 Å². The third-order valence-electron chi connectivity index (χ3n) is 4.84. The van der Waals surface area contributed by atoms with Gasteiger partial charge in [-0.15, -0.1) is 0 Å². The third kappa shape index (κ3) is 5.91. The average molecular weight is 426 g/mol. The van der Waals surface area contributed by atoms with Crippen LogP contribution in [0.3, 0.4) is 0 Å². The van der Waals surface area contributed by atoms with Gasteiger partial charge in [-0.25, -0.2) is 9.59 Å². The molecule has 0 aliphatic heterocycles. The van der Waals surface area contributed by atoms with Gasteiger partial charge < -0.3 is 20.1 Å². The van der Waals surface area contributed by atoms with Crippen molar-refractivity contribution in [1.82, 2.24) is 0 Å². The van der Waals surface area contributed by atoms with Crippen LogP contribution in [-0.4, -0.2) is 38.0 Å². The molecule has 0 aliphatic carbocycles. The quantitative estimate of drug-likeness (QED) is 0.620. The molecule has 0 bridgehead atoms. The fourth-order valence-electron chi connectivity index (χ4n) is 3.02. The van der Waals surface area contributed by atoms with Gasteiger partial charge in [0.25, 0.3) is 5.91 Å². The van der Waals surface area contributed by atoms with Gasteiger partial charge in [-0.2, -0.15) is 0 Å². The Bertz CT molecular complexity index is 982. The molecular weight excluding hydrogens is 400 g/mol. The molecule has 0 radical (unpaired) electrons. The SMILES string of the molecule is CCC(CC)C(=O)Nc1cccc(C(=O)Nc2cc(C(=O)OC)ccc2C(=O)OC)c1. The third-order valence-corrected chi connectivity index (χ3v) is 4.84. The Hall–Kier alpha value is -3.68. The van der Waals surface area contributed by atoms with E-state index in [2.05, 4.69) is 15.4 Å². The van der Waals surface area contributed by atoms with E-state index in [0.717, 1.165) is 12.8 Å². The number of anilines is 2. The van der Waals surface area contributed by atoms with Crippen LogP contribution in [0, 0.1) is 5.92 Å². The van der Waals surface area contributed by atoms with E-state index in [0.29, 0.717) is 5.69 Å². The number of hydrogen-bond acceptors (Lipinski definition) is 6. The van der Waals surface area contributed by atoms with Gasteiger partial charge in [0, 0.05) is 17.2 Å². The van der Waals surface area contributed by atoms with E-state index in [1.54, 1.807) is 18.2 Å². The van der Waals surface area contributed by atoms with Crippen LogP contribution in [-0.2, 0) is 14.3 Å². The van der Waals surface area contributed by atoms with Crippen molar-refractivity contribution in [2.45, 2.75) is 26.7 Å². The molecule has 2 aromatic carbocycles. The van der Waals surface area contributed by atoms with Crippen molar-refractivity contribution in [2.75, 3.05) is 24.9 Å². The number of hydrogen-bond donors (Lipinski definition) is 2. The van der Waals surface area contributed by atoms with Gasteiger partial charge in [-0.3, -0.25) is 9.59 Å². The summed E-state index contributed by atoms with van der Waals surface area (Å²) in [7, 11) is 2.45. The molecule has 0 saturated carbocycles. The van der Waals surface area contributed by atoms with Gasteiger partial charge in [0.1, 0.15) is 0 Å². The van der Waals surface area contributed by atoms with Crippen LogP contribution in [0.4, 0.5) is 11.4 Å². The minimum absolute atomic E-state index is 0.0849. The largest absolute Gasteiger partial charge is 0.465 e. The lowest BCUT2D eigenvalue weighted by Crippen LogP contribution is -2.22. The summed E-state index contributed by atoms with van der Waals surface area (Å²) in [5.41, 5.74) is 1.10. The monoisotopic (exact) mass is 426 g/mol. The van der Waals surface area contributed by atoms with Gasteiger partial charge in [-0.1, -0.05) is 19.9 Å². The first-order valence-corrected chi connectivity index (χ1v) is 9.87. The standard InChI is InChI=1S/C23H26N2O6/c1-5-14(6-2)20(26)24-17-9-7-8-15(12-17)21(27)25-19-13-16(22(28)30-3)10-11-18(19)23(29)31-4/h7-14H,5-6H2,1-4H3,(H,24,26)(H,25,27). The van der Waals surface area contributed by atoms with E-state index in [1.165, 1.54) is 38.5 Å². The minimum Gasteiger partial charge on any atom is -0.465 e. The number of carbonyl (C=O) groups excluding carboxylic acids is 4. The molecule has 164 valence electrons. The summed E-state index contributed by atoms with van der Waals surface area (Å²) in [6.07, 6.45) is 1.44. The molecule has 0 aliphatic rings. The molecule has 0 unspecified atom stereocenters. The van der Waals surface area contributed by atoms with Crippen molar-refractivity contribution < 1.29 is 28.7 Å². The van der Waals surface area contributed by atoms with Crippen LogP contribution in [0.2, 0.25) is 0 Å². The number of carbonyl (C=O) groups is 4. The molecule has 2 amide bonds. The first kappa shape index (κ1) is 23.6. The molecule has 0 spiro atoms. The number of nitrogens with one attached hydrogen (secondary N) is 2. The fraction of sp³-hybridized carbons (Fsp3) is 0.304. The Morgan fingerprint density at radius 1 is 0.839 bits per heavy atom. The molecular formula is C23H26N2O6. The van der Waals surface area contributed by atoms with E-state index in [9.17, 15) is 19.2 Å². The van der Waals surface area contributed by atoms with Gasteiger partial charge >= 0.3 is 11.9 Å². The zero-order valence-electron chi connectivity index (χ0n) is 18.0. The maximum Gasteiger partial charge on any atom is 0.339 e. The molecule has 0 fully saturated rings. The molecule has 0 saturated heterocycles. The van der Waals surface area contributed by atoms with Crippen molar-refractivity contribution in [3.8, 4) is 0 Å². The second kappa shape index (κ2) is 10.9. The number of methoxy groups -OCH3 is 2. The minimum atomic E-state index is -0.669. The first-order valence-electron chi connectivity index (χ1n) is 9.87. The van der Waals surface area contributed by atoms with Crippen LogP contribution >= 0.6 is 0 Å². The summed E-state index contributed by atoms with van der Waals surface area (Å²) < 4.78 is 9.43. The molecule has 2 aromatic rings. The van der Waals surface area contributed by atoms with Crippen molar-refractivity contribution >= 4 is 35.1 Å². The lowest BCUT2D eigenvalue weighted by Gasteiger charge is -2.14. The van der Waals surface area contributed by atoms with Crippen LogP contribution in [0.25, 0.3) is 0 Å². The molecule has 2 N–H and O–H groups in total. The summed E-state index contributed by atoms with van der Waals surface area (Å²) in [4.78, 5) is 49.0. The van der Waals surface area contributed by atoms with Crippen LogP contribution in [0.15, 0.2) is 42.5 Å². The zero-order chi connectivity index (χ0) is 23.0. The van der Waals surface area contributed by atoms with Crippen molar-refractivity contribution in [3.05, 3.63) is 59.2 Å². The summed E-state index contributed by atoms with van der Waals surface area (Å²) >= 11 is 0. The lowest BCUT2D eigenvalue weighted by atomic mass is 10.0. The Labute approximate surface area is 180 Å². The van der Waals surface area contributed by atoms with Crippen LogP contribution < -0.4 is 10.6 Å². The van der Waals surface area contributed by atoms with E-state index in [1.807, 2.05) is 13.8 Å². The Morgan fingerprint density at radius 2 is 1.52 bits per heavy atom. The van der Waals surface area contributed by atoms with Crippen LogP contribution in [0.1, 0.15) is 57.8 Å².